The number of aromatic hydroxyl groups is 1. The maximum absolute atomic E-state index is 12.2. The molecule has 1 aromatic heterocycles. The Hall–Kier alpha value is -2.86. The molecule has 0 saturated carbocycles. The molecule has 3 rings (SSSR count). The van der Waals surface area contributed by atoms with E-state index in [4.69, 9.17) is 0 Å². The fourth-order valence-electron chi connectivity index (χ4n) is 2.54. The normalized spacial score (nSPS) is 10.5. The van der Waals surface area contributed by atoms with Gasteiger partial charge in [0, 0.05) is 16.8 Å². The molecule has 0 aliphatic rings. The van der Waals surface area contributed by atoms with Crippen molar-refractivity contribution in [3.63, 3.8) is 0 Å². The van der Waals surface area contributed by atoms with Crippen LogP contribution in [0.3, 0.4) is 0 Å². The first-order valence-corrected chi connectivity index (χ1v) is 9.31. The quantitative estimate of drug-likeness (QED) is 0.555. The molecule has 0 fully saturated rings. The number of aryl methyl sites for hydroxylation is 2. The van der Waals surface area contributed by atoms with E-state index in [-0.39, 0.29) is 18.1 Å². The summed E-state index contributed by atoms with van der Waals surface area (Å²) in [5, 5.41) is 18.2. The van der Waals surface area contributed by atoms with E-state index in [1.165, 1.54) is 16.9 Å². The Kier molecular flexibility index (Phi) is 5.53. The highest BCUT2D eigenvalue weighted by atomic mass is 32.1. The molecule has 2 aromatic carbocycles. The number of nitrogens with zero attached hydrogens (tertiary/aromatic N) is 1. The molecule has 0 radical (unpaired) electrons. The van der Waals surface area contributed by atoms with Crippen molar-refractivity contribution in [2.45, 2.75) is 26.7 Å². The van der Waals surface area contributed by atoms with Crippen molar-refractivity contribution in [3.8, 4) is 5.75 Å². The van der Waals surface area contributed by atoms with Crippen LogP contribution in [0.4, 0.5) is 16.5 Å². The molecule has 0 atom stereocenters. The van der Waals surface area contributed by atoms with Crippen LogP contribution in [-0.2, 0) is 17.6 Å². The van der Waals surface area contributed by atoms with Crippen molar-refractivity contribution in [3.05, 3.63) is 64.7 Å². The lowest BCUT2D eigenvalue weighted by molar-refractivity contribution is -0.115. The van der Waals surface area contributed by atoms with E-state index in [1.54, 1.807) is 18.2 Å². The number of benzene rings is 2. The third kappa shape index (κ3) is 4.61. The van der Waals surface area contributed by atoms with Gasteiger partial charge < -0.3 is 15.7 Å². The smallest absolute Gasteiger partial charge is 0.230 e. The first-order chi connectivity index (χ1) is 12.5. The van der Waals surface area contributed by atoms with E-state index in [0.29, 0.717) is 5.69 Å². The summed E-state index contributed by atoms with van der Waals surface area (Å²) >= 11 is 1.47. The Morgan fingerprint density at radius 3 is 2.65 bits per heavy atom. The summed E-state index contributed by atoms with van der Waals surface area (Å²) in [5.41, 5.74) is 4.49. The number of anilines is 3. The molecular weight excluding hydrogens is 346 g/mol. The maximum Gasteiger partial charge on any atom is 0.230 e. The molecule has 26 heavy (non-hydrogen) atoms. The third-order valence-electron chi connectivity index (χ3n) is 3.99. The molecule has 3 aromatic rings. The molecule has 1 heterocycles. The second kappa shape index (κ2) is 8.01. The Labute approximate surface area is 156 Å². The van der Waals surface area contributed by atoms with Gasteiger partial charge in [0.25, 0.3) is 0 Å². The second-order valence-corrected chi connectivity index (χ2v) is 6.90. The minimum Gasteiger partial charge on any atom is -0.508 e. The summed E-state index contributed by atoms with van der Waals surface area (Å²) in [4.78, 5) is 16.7. The van der Waals surface area contributed by atoms with Crippen molar-refractivity contribution in [1.29, 1.82) is 0 Å². The molecular formula is C20H21N3O2S. The number of aromatic nitrogens is 1. The number of amides is 1. The second-order valence-electron chi connectivity index (χ2n) is 6.04. The molecule has 0 aliphatic carbocycles. The fraction of sp³-hybridized carbons (Fsp3) is 0.200. The van der Waals surface area contributed by atoms with Gasteiger partial charge in [0.1, 0.15) is 5.75 Å². The minimum absolute atomic E-state index is 0.136. The zero-order valence-electron chi connectivity index (χ0n) is 14.7. The van der Waals surface area contributed by atoms with Crippen LogP contribution in [0.15, 0.2) is 47.8 Å². The topological polar surface area (TPSA) is 74.2 Å². The highest BCUT2D eigenvalue weighted by molar-refractivity contribution is 7.13. The fourth-order valence-corrected chi connectivity index (χ4v) is 3.27. The zero-order valence-corrected chi connectivity index (χ0v) is 15.6. The molecule has 0 bridgehead atoms. The van der Waals surface area contributed by atoms with Crippen LogP contribution in [0.5, 0.6) is 5.75 Å². The minimum atomic E-state index is -0.136. The van der Waals surface area contributed by atoms with Gasteiger partial charge in [0.15, 0.2) is 5.13 Å². The summed E-state index contributed by atoms with van der Waals surface area (Å²) in [6, 6.07) is 13.1. The summed E-state index contributed by atoms with van der Waals surface area (Å²) in [5.74, 6) is 0.0469. The highest BCUT2D eigenvalue weighted by Gasteiger charge is 2.10. The van der Waals surface area contributed by atoms with Crippen LogP contribution in [0.2, 0.25) is 0 Å². The number of carbonyl (C=O) groups is 1. The number of thiazole rings is 1. The zero-order chi connectivity index (χ0) is 18.5. The van der Waals surface area contributed by atoms with Crippen LogP contribution >= 0.6 is 11.3 Å². The molecule has 0 unspecified atom stereocenters. The summed E-state index contributed by atoms with van der Waals surface area (Å²) < 4.78 is 0. The first kappa shape index (κ1) is 17.9. The van der Waals surface area contributed by atoms with Gasteiger partial charge in [-0.25, -0.2) is 4.98 Å². The van der Waals surface area contributed by atoms with E-state index in [9.17, 15) is 9.90 Å². The molecule has 134 valence electrons. The first-order valence-electron chi connectivity index (χ1n) is 8.43. The molecule has 0 aliphatic heterocycles. The van der Waals surface area contributed by atoms with Crippen LogP contribution < -0.4 is 10.6 Å². The van der Waals surface area contributed by atoms with Gasteiger partial charge in [-0.2, -0.15) is 0 Å². The van der Waals surface area contributed by atoms with Crippen molar-refractivity contribution in [2.24, 2.45) is 0 Å². The van der Waals surface area contributed by atoms with E-state index >= 15 is 0 Å². The summed E-state index contributed by atoms with van der Waals surface area (Å²) in [6.45, 7) is 3.96. The Bertz CT molecular complexity index is 904. The maximum atomic E-state index is 12.2. The monoisotopic (exact) mass is 367 g/mol. The van der Waals surface area contributed by atoms with Crippen LogP contribution in [0.25, 0.3) is 0 Å². The Morgan fingerprint density at radius 1 is 1.19 bits per heavy atom. The van der Waals surface area contributed by atoms with E-state index in [1.807, 2.05) is 24.4 Å². The molecule has 0 spiro atoms. The van der Waals surface area contributed by atoms with E-state index < -0.39 is 0 Å². The average molecular weight is 367 g/mol. The lowest BCUT2D eigenvalue weighted by Crippen LogP contribution is -2.15. The number of phenols is 1. The Morgan fingerprint density at radius 2 is 1.96 bits per heavy atom. The van der Waals surface area contributed by atoms with Gasteiger partial charge in [-0.3, -0.25) is 4.79 Å². The predicted octanol–water partition coefficient (Wildman–Crippen LogP) is 4.64. The molecule has 6 heteroatoms. The number of phenolic OH excluding ortho intramolecular Hbond substituents is 1. The van der Waals surface area contributed by atoms with Crippen molar-refractivity contribution in [1.82, 2.24) is 4.98 Å². The molecule has 1 amide bonds. The third-order valence-corrected chi connectivity index (χ3v) is 4.80. The van der Waals surface area contributed by atoms with Gasteiger partial charge in [-0.1, -0.05) is 19.1 Å². The van der Waals surface area contributed by atoms with Gasteiger partial charge in [0.2, 0.25) is 5.91 Å². The SMILES string of the molecule is CCc1ccc(Nc2nc(CC(=O)Nc3ccc(O)cc3C)cs2)cc1. The van der Waals surface area contributed by atoms with Gasteiger partial charge in [-0.15, -0.1) is 11.3 Å². The standard InChI is InChI=1S/C20H21N3O2S/c1-3-14-4-6-15(7-5-14)21-20-22-16(12-26-20)11-19(25)23-18-9-8-17(24)10-13(18)2/h4-10,12,24H,3,11H2,1-2H3,(H,21,22)(H,23,25). The van der Waals surface area contributed by atoms with Crippen molar-refractivity contribution >= 4 is 33.8 Å². The van der Waals surface area contributed by atoms with Gasteiger partial charge in [0.05, 0.1) is 12.1 Å². The van der Waals surface area contributed by atoms with Crippen LogP contribution in [0, 0.1) is 6.92 Å². The number of hydrogen-bond acceptors (Lipinski definition) is 5. The molecule has 0 saturated heterocycles. The van der Waals surface area contributed by atoms with Gasteiger partial charge >= 0.3 is 0 Å². The molecule has 5 nitrogen and oxygen atoms in total. The van der Waals surface area contributed by atoms with Crippen molar-refractivity contribution in [2.75, 3.05) is 10.6 Å². The van der Waals surface area contributed by atoms with Gasteiger partial charge in [-0.05, 0) is 54.8 Å². The largest absolute Gasteiger partial charge is 0.508 e. The predicted molar refractivity (Wildman–Crippen MR) is 106 cm³/mol. The highest BCUT2D eigenvalue weighted by Crippen LogP contribution is 2.23. The number of carbonyl (C=O) groups excluding carboxylic acids is 1. The number of nitrogens with one attached hydrogen (secondary N) is 2. The lowest BCUT2D eigenvalue weighted by atomic mass is 10.1. The molecule has 3 N–H and O–H groups in total. The summed E-state index contributed by atoms with van der Waals surface area (Å²) in [7, 11) is 0. The number of rotatable bonds is 6. The van der Waals surface area contributed by atoms with Crippen molar-refractivity contribution < 1.29 is 9.90 Å². The summed E-state index contributed by atoms with van der Waals surface area (Å²) in [6.07, 6.45) is 1.21. The average Bonchev–Trinajstić information content (AvgIpc) is 3.05. The number of hydrogen-bond donors (Lipinski definition) is 3. The van der Waals surface area contributed by atoms with E-state index in [2.05, 4.69) is 34.7 Å². The van der Waals surface area contributed by atoms with E-state index in [0.717, 1.165) is 28.5 Å². The lowest BCUT2D eigenvalue weighted by Gasteiger charge is -2.08. The van der Waals surface area contributed by atoms with Crippen LogP contribution in [-0.4, -0.2) is 16.0 Å². The Balaban J connectivity index is 1.59. The van der Waals surface area contributed by atoms with Crippen LogP contribution in [0.1, 0.15) is 23.7 Å².